The lowest BCUT2D eigenvalue weighted by Gasteiger charge is -2.32. The molecule has 134 valence electrons. The van der Waals surface area contributed by atoms with E-state index < -0.39 is 5.97 Å². The summed E-state index contributed by atoms with van der Waals surface area (Å²) in [4.78, 5) is 28.6. The second kappa shape index (κ2) is 7.72. The molecule has 1 atom stereocenters. The van der Waals surface area contributed by atoms with Gasteiger partial charge >= 0.3 is 5.97 Å². The van der Waals surface area contributed by atoms with E-state index in [1.54, 1.807) is 0 Å². The molecule has 0 aliphatic carbocycles. The van der Waals surface area contributed by atoms with Crippen LogP contribution in [0.25, 0.3) is 10.9 Å². The molecule has 5 nitrogen and oxygen atoms in total. The number of likely N-dealkylation sites (tertiary alicyclic amines) is 1. The summed E-state index contributed by atoms with van der Waals surface area (Å²) >= 11 is 0. The predicted molar refractivity (Wildman–Crippen MR) is 97.5 cm³/mol. The zero-order chi connectivity index (χ0) is 17.8. The van der Waals surface area contributed by atoms with Gasteiger partial charge in [0.15, 0.2) is 0 Å². The molecule has 2 N–H and O–H groups in total. The number of carboxylic acid groups (broad SMARTS) is 1. The Morgan fingerprint density at radius 2 is 2.16 bits per heavy atom. The van der Waals surface area contributed by atoms with Gasteiger partial charge in [-0.25, -0.2) is 0 Å². The van der Waals surface area contributed by atoms with Crippen molar-refractivity contribution >= 4 is 22.8 Å². The number of hydrogen-bond donors (Lipinski definition) is 2. The van der Waals surface area contributed by atoms with Gasteiger partial charge in [0.2, 0.25) is 5.91 Å². The van der Waals surface area contributed by atoms with E-state index in [0.29, 0.717) is 25.3 Å². The van der Waals surface area contributed by atoms with Crippen molar-refractivity contribution in [2.75, 3.05) is 13.1 Å². The highest BCUT2D eigenvalue weighted by Crippen LogP contribution is 2.24. The van der Waals surface area contributed by atoms with Crippen molar-refractivity contribution in [1.29, 1.82) is 0 Å². The molecule has 1 aromatic heterocycles. The standard InChI is InChI=1S/C20H26N2O3/c1-14-4-2-6-17-16(12-21-20(14)17)8-9-18(23)22-11-3-5-15(13-22)7-10-19(24)25/h2,4,6,12,15,21H,3,5,7-11,13H2,1H3,(H,24,25). The van der Waals surface area contributed by atoms with Crippen LogP contribution in [0.2, 0.25) is 0 Å². The van der Waals surface area contributed by atoms with Crippen molar-refractivity contribution in [2.24, 2.45) is 5.92 Å². The third-order valence-corrected chi connectivity index (χ3v) is 5.26. The number of amides is 1. The van der Waals surface area contributed by atoms with E-state index in [9.17, 15) is 9.59 Å². The molecule has 2 heterocycles. The number of carbonyl (C=O) groups is 2. The average Bonchev–Trinajstić information content (AvgIpc) is 3.02. The molecule has 25 heavy (non-hydrogen) atoms. The normalized spacial score (nSPS) is 17.8. The first kappa shape index (κ1) is 17.5. The van der Waals surface area contributed by atoms with Crippen LogP contribution >= 0.6 is 0 Å². The number of fused-ring (bicyclic) bond motifs is 1. The zero-order valence-corrected chi connectivity index (χ0v) is 14.8. The van der Waals surface area contributed by atoms with Gasteiger partial charge in [0.1, 0.15) is 0 Å². The summed E-state index contributed by atoms with van der Waals surface area (Å²) in [6.45, 7) is 3.59. The van der Waals surface area contributed by atoms with Gasteiger partial charge in [0.05, 0.1) is 0 Å². The molecule has 0 spiro atoms. The number of carbonyl (C=O) groups excluding carboxylic acids is 1. The molecule has 2 aromatic rings. The molecule has 1 aliphatic heterocycles. The third-order valence-electron chi connectivity index (χ3n) is 5.26. The fourth-order valence-corrected chi connectivity index (χ4v) is 3.83. The van der Waals surface area contributed by atoms with E-state index in [1.807, 2.05) is 11.1 Å². The van der Waals surface area contributed by atoms with Crippen molar-refractivity contribution in [3.05, 3.63) is 35.5 Å². The second-order valence-electron chi connectivity index (χ2n) is 7.09. The van der Waals surface area contributed by atoms with Gasteiger partial charge in [-0.2, -0.15) is 0 Å². The van der Waals surface area contributed by atoms with Crippen molar-refractivity contribution in [1.82, 2.24) is 9.88 Å². The number of H-pyrrole nitrogens is 1. The summed E-state index contributed by atoms with van der Waals surface area (Å²) in [6.07, 6.45) is 6.12. The van der Waals surface area contributed by atoms with Crippen molar-refractivity contribution in [2.45, 2.75) is 45.4 Å². The fourth-order valence-electron chi connectivity index (χ4n) is 3.83. The largest absolute Gasteiger partial charge is 0.481 e. The monoisotopic (exact) mass is 342 g/mol. The number of aromatic amines is 1. The Kier molecular flexibility index (Phi) is 5.41. The first-order chi connectivity index (χ1) is 12.0. The maximum Gasteiger partial charge on any atom is 0.303 e. The Bertz CT molecular complexity index is 765. The summed E-state index contributed by atoms with van der Waals surface area (Å²) in [7, 11) is 0. The fraction of sp³-hybridized carbons (Fsp3) is 0.500. The minimum Gasteiger partial charge on any atom is -0.481 e. The number of aliphatic carboxylic acids is 1. The first-order valence-corrected chi connectivity index (χ1v) is 9.09. The third kappa shape index (κ3) is 4.21. The maximum atomic E-state index is 12.6. The van der Waals surface area contributed by atoms with E-state index in [0.717, 1.165) is 31.3 Å². The number of aryl methyl sites for hydroxylation is 2. The highest BCUT2D eigenvalue weighted by Gasteiger charge is 2.24. The predicted octanol–water partition coefficient (Wildman–Crippen LogP) is 3.51. The van der Waals surface area contributed by atoms with Crippen molar-refractivity contribution in [3.63, 3.8) is 0 Å². The van der Waals surface area contributed by atoms with E-state index in [1.165, 1.54) is 16.5 Å². The number of nitrogens with zero attached hydrogens (tertiary/aromatic N) is 1. The second-order valence-corrected chi connectivity index (χ2v) is 7.09. The average molecular weight is 342 g/mol. The Morgan fingerprint density at radius 1 is 1.32 bits per heavy atom. The molecule has 1 unspecified atom stereocenters. The van der Waals surface area contributed by atoms with Gasteiger partial charge < -0.3 is 15.0 Å². The molecule has 0 bridgehead atoms. The number of rotatable bonds is 6. The molecule has 1 fully saturated rings. The van der Waals surface area contributed by atoms with Crippen LogP contribution in [0.5, 0.6) is 0 Å². The summed E-state index contributed by atoms with van der Waals surface area (Å²) in [6, 6.07) is 6.23. The van der Waals surface area contributed by atoms with E-state index in [2.05, 4.69) is 30.1 Å². The Morgan fingerprint density at radius 3 is 2.96 bits per heavy atom. The quantitative estimate of drug-likeness (QED) is 0.843. The zero-order valence-electron chi connectivity index (χ0n) is 14.8. The number of nitrogens with one attached hydrogen (secondary N) is 1. The Labute approximate surface area is 148 Å². The summed E-state index contributed by atoms with van der Waals surface area (Å²) in [5, 5.41) is 10.0. The maximum absolute atomic E-state index is 12.6. The molecule has 1 saturated heterocycles. The SMILES string of the molecule is Cc1cccc2c(CCC(=O)N3CCCC(CCC(=O)O)C3)c[nH]c12. The lowest BCUT2D eigenvalue weighted by molar-refractivity contribution is -0.137. The molecule has 1 amide bonds. The van der Waals surface area contributed by atoms with Gasteiger partial charge in [0, 0.05) is 43.0 Å². The molecule has 3 rings (SSSR count). The van der Waals surface area contributed by atoms with Crippen LogP contribution in [0.15, 0.2) is 24.4 Å². The molecule has 5 heteroatoms. The number of hydrogen-bond acceptors (Lipinski definition) is 2. The van der Waals surface area contributed by atoms with Crippen LogP contribution in [0.3, 0.4) is 0 Å². The topological polar surface area (TPSA) is 73.4 Å². The van der Waals surface area contributed by atoms with E-state index in [-0.39, 0.29) is 12.3 Å². The minimum absolute atomic E-state index is 0.182. The van der Waals surface area contributed by atoms with Gasteiger partial charge in [-0.1, -0.05) is 18.2 Å². The minimum atomic E-state index is -0.752. The van der Waals surface area contributed by atoms with E-state index >= 15 is 0 Å². The lowest BCUT2D eigenvalue weighted by Crippen LogP contribution is -2.40. The number of piperidine rings is 1. The lowest BCUT2D eigenvalue weighted by atomic mass is 9.93. The number of benzene rings is 1. The smallest absolute Gasteiger partial charge is 0.303 e. The van der Waals surface area contributed by atoms with Gasteiger partial charge in [0.25, 0.3) is 0 Å². The summed E-state index contributed by atoms with van der Waals surface area (Å²) in [5.74, 6) is -0.246. The van der Waals surface area contributed by atoms with Gasteiger partial charge in [-0.15, -0.1) is 0 Å². The Hall–Kier alpha value is -2.30. The molecule has 0 radical (unpaired) electrons. The van der Waals surface area contributed by atoms with Crippen LogP contribution in [0, 0.1) is 12.8 Å². The molecular weight excluding hydrogens is 316 g/mol. The van der Waals surface area contributed by atoms with Crippen LogP contribution < -0.4 is 0 Å². The van der Waals surface area contributed by atoms with Crippen molar-refractivity contribution in [3.8, 4) is 0 Å². The Balaban J connectivity index is 1.56. The van der Waals surface area contributed by atoms with Crippen LogP contribution in [0.4, 0.5) is 0 Å². The summed E-state index contributed by atoms with van der Waals surface area (Å²) in [5.41, 5.74) is 3.55. The van der Waals surface area contributed by atoms with Gasteiger partial charge in [-0.3, -0.25) is 9.59 Å². The van der Waals surface area contributed by atoms with Crippen molar-refractivity contribution < 1.29 is 14.7 Å². The van der Waals surface area contributed by atoms with Crippen LogP contribution in [-0.2, 0) is 16.0 Å². The molecular formula is C20H26N2O3. The summed E-state index contributed by atoms with van der Waals surface area (Å²) < 4.78 is 0. The molecule has 0 saturated carbocycles. The molecule has 1 aliphatic rings. The van der Waals surface area contributed by atoms with Crippen LogP contribution in [-0.4, -0.2) is 40.0 Å². The number of aromatic nitrogens is 1. The highest BCUT2D eigenvalue weighted by molar-refractivity contribution is 5.86. The highest BCUT2D eigenvalue weighted by atomic mass is 16.4. The van der Waals surface area contributed by atoms with Gasteiger partial charge in [-0.05, 0) is 49.7 Å². The van der Waals surface area contributed by atoms with Crippen LogP contribution in [0.1, 0.15) is 43.2 Å². The van der Waals surface area contributed by atoms with E-state index in [4.69, 9.17) is 5.11 Å². The number of carboxylic acids is 1. The number of para-hydroxylation sites is 1. The molecule has 1 aromatic carbocycles. The first-order valence-electron chi connectivity index (χ1n) is 9.09.